The third-order valence-corrected chi connectivity index (χ3v) is 5.13. The van der Waals surface area contributed by atoms with Crippen LogP contribution >= 0.6 is 11.8 Å². The number of amides is 1. The smallest absolute Gasteiger partial charge is 0.221 e. The van der Waals surface area contributed by atoms with Gasteiger partial charge in [0.05, 0.1) is 6.61 Å². The molecular weight excluding hydrogens is 330 g/mol. The van der Waals surface area contributed by atoms with Gasteiger partial charge in [-0.2, -0.15) is 0 Å². The normalized spacial score (nSPS) is 10.7. The van der Waals surface area contributed by atoms with Gasteiger partial charge in [-0.3, -0.25) is 4.79 Å². The van der Waals surface area contributed by atoms with Crippen molar-refractivity contribution >= 4 is 17.7 Å². The maximum atomic E-state index is 12.1. The van der Waals surface area contributed by atoms with Crippen LogP contribution in [0.15, 0.2) is 47.4 Å². The highest BCUT2D eigenvalue weighted by molar-refractivity contribution is 7.99. The molecule has 0 unspecified atom stereocenters. The van der Waals surface area contributed by atoms with Gasteiger partial charge in [0.1, 0.15) is 0 Å². The molecule has 1 amide bonds. The number of carbonyl (C=O) groups is 1. The van der Waals surface area contributed by atoms with Crippen LogP contribution in [-0.2, 0) is 22.7 Å². The van der Waals surface area contributed by atoms with E-state index in [0.29, 0.717) is 26.2 Å². The van der Waals surface area contributed by atoms with Crippen LogP contribution in [-0.4, -0.2) is 18.3 Å². The van der Waals surface area contributed by atoms with E-state index in [2.05, 4.69) is 37.4 Å². The Bertz CT molecular complexity index is 700. The zero-order valence-electron chi connectivity index (χ0n) is 15.3. The summed E-state index contributed by atoms with van der Waals surface area (Å²) in [4.78, 5) is 13.3. The number of hydrogen-bond acceptors (Lipinski definition) is 3. The molecule has 0 spiro atoms. The number of nitrogens with one attached hydrogen (secondary N) is 1. The summed E-state index contributed by atoms with van der Waals surface area (Å²) in [5.74, 6) is 0.872. The van der Waals surface area contributed by atoms with Gasteiger partial charge in [-0.05, 0) is 55.2 Å². The lowest BCUT2D eigenvalue weighted by molar-refractivity contribution is -0.120. The monoisotopic (exact) mass is 357 g/mol. The third kappa shape index (κ3) is 6.56. The molecule has 0 heterocycles. The van der Waals surface area contributed by atoms with Crippen molar-refractivity contribution in [2.75, 3.05) is 12.4 Å². The van der Waals surface area contributed by atoms with E-state index in [1.54, 1.807) is 11.8 Å². The Hall–Kier alpha value is -1.78. The highest BCUT2D eigenvalue weighted by atomic mass is 32.2. The van der Waals surface area contributed by atoms with E-state index in [9.17, 15) is 4.79 Å². The van der Waals surface area contributed by atoms with Crippen LogP contribution in [0.3, 0.4) is 0 Å². The van der Waals surface area contributed by atoms with E-state index in [0.717, 1.165) is 16.9 Å². The molecule has 4 heteroatoms. The largest absolute Gasteiger partial charge is 0.377 e. The lowest BCUT2D eigenvalue weighted by Gasteiger charge is -2.11. The minimum atomic E-state index is 0.0857. The van der Waals surface area contributed by atoms with Gasteiger partial charge in [0.25, 0.3) is 0 Å². The summed E-state index contributed by atoms with van der Waals surface area (Å²) in [6, 6.07) is 14.5. The molecule has 25 heavy (non-hydrogen) atoms. The molecule has 3 nitrogen and oxygen atoms in total. The molecule has 0 fully saturated rings. The van der Waals surface area contributed by atoms with Crippen LogP contribution in [0.4, 0.5) is 0 Å². The van der Waals surface area contributed by atoms with Crippen LogP contribution in [0, 0.1) is 13.8 Å². The molecule has 0 aliphatic rings. The SMILES string of the molecule is CCOCc1ccccc1CNC(=O)CCSc1ccc(C)c(C)c1. The molecule has 0 saturated heterocycles. The van der Waals surface area contributed by atoms with Crippen LogP contribution in [0.2, 0.25) is 0 Å². The van der Waals surface area contributed by atoms with Gasteiger partial charge in [-0.1, -0.05) is 30.3 Å². The van der Waals surface area contributed by atoms with Crippen molar-refractivity contribution in [1.29, 1.82) is 0 Å². The summed E-state index contributed by atoms with van der Waals surface area (Å²) in [7, 11) is 0. The number of carbonyl (C=O) groups excluding carboxylic acids is 1. The van der Waals surface area contributed by atoms with Gasteiger partial charge in [0.2, 0.25) is 5.91 Å². The fraction of sp³-hybridized carbons (Fsp3) is 0.381. The summed E-state index contributed by atoms with van der Waals surface area (Å²) >= 11 is 1.73. The average Bonchev–Trinajstić information content (AvgIpc) is 2.62. The molecule has 134 valence electrons. The average molecular weight is 358 g/mol. The molecule has 1 N–H and O–H groups in total. The fourth-order valence-corrected chi connectivity index (χ4v) is 3.38. The third-order valence-electron chi connectivity index (χ3n) is 4.13. The number of rotatable bonds is 9. The van der Waals surface area contributed by atoms with E-state index in [1.165, 1.54) is 16.0 Å². The van der Waals surface area contributed by atoms with Gasteiger partial charge in [-0.25, -0.2) is 0 Å². The predicted molar refractivity (Wildman–Crippen MR) is 105 cm³/mol. The quantitative estimate of drug-likeness (QED) is 0.665. The summed E-state index contributed by atoms with van der Waals surface area (Å²) < 4.78 is 5.48. The topological polar surface area (TPSA) is 38.3 Å². The molecule has 0 aliphatic heterocycles. The van der Waals surface area contributed by atoms with E-state index in [4.69, 9.17) is 4.74 Å². The Morgan fingerprint density at radius 3 is 2.56 bits per heavy atom. The minimum absolute atomic E-state index is 0.0857. The minimum Gasteiger partial charge on any atom is -0.377 e. The fourth-order valence-electron chi connectivity index (χ4n) is 2.43. The second-order valence-corrected chi connectivity index (χ2v) is 7.20. The Kier molecular flexibility index (Phi) is 8.02. The van der Waals surface area contributed by atoms with Crippen molar-refractivity contribution in [3.63, 3.8) is 0 Å². The maximum absolute atomic E-state index is 12.1. The first-order chi connectivity index (χ1) is 12.1. The molecule has 0 radical (unpaired) electrons. The molecule has 0 atom stereocenters. The Labute approximate surface area is 155 Å². The van der Waals surface area contributed by atoms with E-state index in [1.807, 2.05) is 31.2 Å². The van der Waals surface area contributed by atoms with Crippen LogP contribution in [0.1, 0.15) is 35.6 Å². The van der Waals surface area contributed by atoms with E-state index >= 15 is 0 Å². The summed E-state index contributed by atoms with van der Waals surface area (Å²) in [6.07, 6.45) is 0.519. The molecule has 0 saturated carbocycles. The first-order valence-corrected chi connectivity index (χ1v) is 9.70. The highest BCUT2D eigenvalue weighted by Crippen LogP contribution is 2.21. The van der Waals surface area contributed by atoms with Gasteiger partial charge >= 0.3 is 0 Å². The van der Waals surface area contributed by atoms with Crippen molar-refractivity contribution in [2.24, 2.45) is 0 Å². The standard InChI is InChI=1S/C21H27NO2S/c1-4-24-15-19-8-6-5-7-18(19)14-22-21(23)11-12-25-20-10-9-16(2)17(3)13-20/h5-10,13H,4,11-12,14-15H2,1-3H3,(H,22,23). The van der Waals surface area contributed by atoms with Gasteiger partial charge in [0, 0.05) is 30.2 Å². The maximum Gasteiger partial charge on any atom is 0.221 e. The lowest BCUT2D eigenvalue weighted by Crippen LogP contribution is -2.23. The number of thioether (sulfide) groups is 1. The Morgan fingerprint density at radius 1 is 1.08 bits per heavy atom. The number of hydrogen-bond donors (Lipinski definition) is 1. The second-order valence-electron chi connectivity index (χ2n) is 6.03. The summed E-state index contributed by atoms with van der Waals surface area (Å²) in [6.45, 7) is 8.04. The number of ether oxygens (including phenoxy) is 1. The number of aryl methyl sites for hydroxylation is 2. The van der Waals surface area contributed by atoms with Crippen LogP contribution in [0.25, 0.3) is 0 Å². The van der Waals surface area contributed by atoms with Crippen molar-refractivity contribution in [3.05, 3.63) is 64.7 Å². The van der Waals surface area contributed by atoms with Crippen molar-refractivity contribution in [1.82, 2.24) is 5.32 Å². The molecule has 0 aliphatic carbocycles. The predicted octanol–water partition coefficient (Wildman–Crippen LogP) is 4.64. The molecule has 0 aromatic heterocycles. The Balaban J connectivity index is 1.76. The van der Waals surface area contributed by atoms with Gasteiger partial charge < -0.3 is 10.1 Å². The lowest BCUT2D eigenvalue weighted by atomic mass is 10.1. The van der Waals surface area contributed by atoms with E-state index < -0.39 is 0 Å². The second kappa shape index (κ2) is 10.3. The molecule has 0 bridgehead atoms. The van der Waals surface area contributed by atoms with Crippen LogP contribution in [0.5, 0.6) is 0 Å². The zero-order chi connectivity index (χ0) is 18.1. The van der Waals surface area contributed by atoms with Gasteiger partial charge in [0.15, 0.2) is 0 Å². The molecule has 2 aromatic rings. The summed E-state index contributed by atoms with van der Waals surface area (Å²) in [5.41, 5.74) is 4.84. The first-order valence-electron chi connectivity index (χ1n) is 8.71. The van der Waals surface area contributed by atoms with E-state index in [-0.39, 0.29) is 5.91 Å². The molecule has 2 aromatic carbocycles. The van der Waals surface area contributed by atoms with Gasteiger partial charge in [-0.15, -0.1) is 11.8 Å². The molecule has 2 rings (SSSR count). The highest BCUT2D eigenvalue weighted by Gasteiger charge is 2.06. The Morgan fingerprint density at radius 2 is 1.84 bits per heavy atom. The first kappa shape index (κ1) is 19.5. The van der Waals surface area contributed by atoms with Crippen LogP contribution < -0.4 is 5.32 Å². The molecular formula is C21H27NO2S. The van der Waals surface area contributed by atoms with Crippen molar-refractivity contribution < 1.29 is 9.53 Å². The number of benzene rings is 2. The van der Waals surface area contributed by atoms with Crippen molar-refractivity contribution in [3.8, 4) is 0 Å². The van der Waals surface area contributed by atoms with Crippen molar-refractivity contribution in [2.45, 2.75) is 45.2 Å². The zero-order valence-corrected chi connectivity index (χ0v) is 16.1. The summed E-state index contributed by atoms with van der Waals surface area (Å²) in [5, 5.41) is 3.01.